The third kappa shape index (κ3) is 2.24. The molecule has 0 aliphatic rings. The van der Waals surface area contributed by atoms with Gasteiger partial charge in [0.2, 0.25) is 0 Å². The average Bonchev–Trinajstić information content (AvgIpc) is 2.81. The topological polar surface area (TPSA) is 49.0 Å². The van der Waals surface area contributed by atoms with Gasteiger partial charge in [0.15, 0.2) is 11.4 Å². The molecule has 3 aromatic rings. The number of aryl methyl sites for hydroxylation is 1. The fourth-order valence-corrected chi connectivity index (χ4v) is 3.07. The summed E-state index contributed by atoms with van der Waals surface area (Å²) in [5.74, 6) is 0.294. The van der Waals surface area contributed by atoms with Crippen molar-refractivity contribution >= 4 is 40.2 Å². The Kier molecular flexibility index (Phi) is 3.92. The van der Waals surface area contributed by atoms with Crippen LogP contribution in [0.25, 0.3) is 22.7 Å². The molecule has 0 fully saturated rings. The van der Waals surface area contributed by atoms with Crippen LogP contribution in [-0.4, -0.2) is 21.5 Å². The minimum atomic E-state index is -0.355. The molecule has 2 heterocycles. The standard InChI is InChI=1S/C16H13Cl2N3O2/c1-4-10-14(23-3)13(16(22)20(2)19-10)21-11-8-6-5-7-9(11)12(17)15(21)18/h4-8H,1H2,2-3H3. The highest BCUT2D eigenvalue weighted by Gasteiger charge is 2.23. The van der Waals surface area contributed by atoms with Crippen molar-refractivity contribution in [2.45, 2.75) is 0 Å². The first-order valence-electron chi connectivity index (χ1n) is 6.73. The van der Waals surface area contributed by atoms with E-state index in [1.807, 2.05) is 24.3 Å². The first kappa shape index (κ1) is 15.6. The first-order chi connectivity index (χ1) is 11.0. The molecule has 0 aliphatic carbocycles. The number of methoxy groups -OCH3 is 1. The lowest BCUT2D eigenvalue weighted by Gasteiger charge is -2.14. The lowest BCUT2D eigenvalue weighted by atomic mass is 10.2. The molecule has 0 amide bonds. The van der Waals surface area contributed by atoms with Crippen molar-refractivity contribution < 1.29 is 4.74 Å². The van der Waals surface area contributed by atoms with Crippen LogP contribution < -0.4 is 10.3 Å². The molecule has 0 aliphatic heterocycles. The van der Waals surface area contributed by atoms with Crippen LogP contribution in [0.4, 0.5) is 0 Å². The summed E-state index contributed by atoms with van der Waals surface area (Å²) in [5.41, 5.74) is 1.04. The van der Waals surface area contributed by atoms with Gasteiger partial charge in [-0.3, -0.25) is 9.36 Å². The van der Waals surface area contributed by atoms with E-state index in [0.717, 1.165) is 5.39 Å². The van der Waals surface area contributed by atoms with E-state index in [0.29, 0.717) is 22.0 Å². The van der Waals surface area contributed by atoms with Crippen LogP contribution in [0.3, 0.4) is 0 Å². The van der Waals surface area contributed by atoms with Gasteiger partial charge in [0.1, 0.15) is 10.8 Å². The second kappa shape index (κ2) is 5.76. The minimum absolute atomic E-state index is 0.240. The predicted molar refractivity (Wildman–Crippen MR) is 93.0 cm³/mol. The number of hydrogen-bond acceptors (Lipinski definition) is 3. The van der Waals surface area contributed by atoms with Crippen molar-refractivity contribution in [1.82, 2.24) is 14.3 Å². The van der Waals surface area contributed by atoms with E-state index in [4.69, 9.17) is 27.9 Å². The SMILES string of the molecule is C=Cc1nn(C)c(=O)c(-n2c(Cl)c(Cl)c3ccccc32)c1OC. The monoisotopic (exact) mass is 349 g/mol. The highest BCUT2D eigenvalue weighted by Crippen LogP contribution is 2.38. The van der Waals surface area contributed by atoms with E-state index < -0.39 is 0 Å². The molecule has 1 aromatic carbocycles. The second-order valence-electron chi connectivity index (χ2n) is 4.86. The Bertz CT molecular complexity index is 989. The number of hydrogen-bond donors (Lipinski definition) is 0. The zero-order valence-corrected chi connectivity index (χ0v) is 14.0. The van der Waals surface area contributed by atoms with Gasteiger partial charge >= 0.3 is 0 Å². The lowest BCUT2D eigenvalue weighted by molar-refractivity contribution is 0.404. The van der Waals surface area contributed by atoms with E-state index in [2.05, 4.69) is 11.7 Å². The molecule has 0 saturated heterocycles. The summed E-state index contributed by atoms with van der Waals surface area (Å²) >= 11 is 12.7. The van der Waals surface area contributed by atoms with Gasteiger partial charge in [-0.05, 0) is 12.1 Å². The second-order valence-corrected chi connectivity index (χ2v) is 5.59. The number of fused-ring (bicyclic) bond motifs is 1. The molecular formula is C16H13Cl2N3O2. The van der Waals surface area contributed by atoms with Gasteiger partial charge in [0.25, 0.3) is 5.56 Å². The van der Waals surface area contributed by atoms with E-state index in [9.17, 15) is 4.79 Å². The van der Waals surface area contributed by atoms with Crippen LogP contribution in [0.2, 0.25) is 10.2 Å². The molecule has 0 bridgehead atoms. The molecule has 0 spiro atoms. The molecule has 0 radical (unpaired) electrons. The fourth-order valence-electron chi connectivity index (χ4n) is 2.54. The maximum atomic E-state index is 12.7. The minimum Gasteiger partial charge on any atom is -0.492 e. The molecular weight excluding hydrogens is 337 g/mol. The van der Waals surface area contributed by atoms with Crippen LogP contribution in [0.1, 0.15) is 5.69 Å². The van der Waals surface area contributed by atoms with Crippen LogP contribution in [0.15, 0.2) is 35.6 Å². The number of ether oxygens (including phenoxy) is 1. The quantitative estimate of drug-likeness (QED) is 0.724. The van der Waals surface area contributed by atoms with Crippen molar-refractivity contribution in [3.8, 4) is 11.4 Å². The largest absolute Gasteiger partial charge is 0.492 e. The Labute approximate surface area is 142 Å². The summed E-state index contributed by atoms with van der Waals surface area (Å²) in [6, 6.07) is 7.37. The number of aromatic nitrogens is 3. The molecule has 118 valence electrons. The molecule has 5 nitrogen and oxygen atoms in total. The maximum Gasteiger partial charge on any atom is 0.294 e. The summed E-state index contributed by atoms with van der Waals surface area (Å²) in [6.45, 7) is 3.71. The van der Waals surface area contributed by atoms with Crippen molar-refractivity contribution in [3.63, 3.8) is 0 Å². The summed E-state index contributed by atoms with van der Waals surface area (Å²) < 4.78 is 8.20. The zero-order valence-electron chi connectivity index (χ0n) is 12.5. The molecule has 0 saturated carbocycles. The van der Waals surface area contributed by atoms with Gasteiger partial charge in [-0.2, -0.15) is 5.10 Å². The molecule has 2 aromatic heterocycles. The fraction of sp³-hybridized carbons (Fsp3) is 0.125. The van der Waals surface area contributed by atoms with E-state index >= 15 is 0 Å². The normalized spacial score (nSPS) is 11.0. The number of benzene rings is 1. The van der Waals surface area contributed by atoms with Crippen LogP contribution in [0.5, 0.6) is 5.75 Å². The summed E-state index contributed by atoms with van der Waals surface area (Å²) in [6.07, 6.45) is 1.52. The molecule has 0 unspecified atom stereocenters. The maximum absolute atomic E-state index is 12.7. The van der Waals surface area contributed by atoms with Crippen LogP contribution >= 0.6 is 23.2 Å². The third-order valence-corrected chi connectivity index (χ3v) is 4.42. The Balaban J connectivity index is 2.54. The summed E-state index contributed by atoms with van der Waals surface area (Å²) in [7, 11) is 3.02. The number of rotatable bonds is 3. The van der Waals surface area contributed by atoms with Crippen molar-refractivity contribution in [2.24, 2.45) is 7.05 Å². The Morgan fingerprint density at radius 2 is 2.00 bits per heavy atom. The molecule has 0 atom stereocenters. The van der Waals surface area contributed by atoms with Gasteiger partial charge < -0.3 is 4.74 Å². The first-order valence-corrected chi connectivity index (χ1v) is 7.49. The van der Waals surface area contributed by atoms with Crippen molar-refractivity contribution in [1.29, 1.82) is 0 Å². The highest BCUT2D eigenvalue weighted by molar-refractivity contribution is 6.45. The Hall–Kier alpha value is -2.24. The Morgan fingerprint density at radius 3 is 2.65 bits per heavy atom. The van der Waals surface area contributed by atoms with Gasteiger partial charge in [-0.1, -0.05) is 48.0 Å². The highest BCUT2D eigenvalue weighted by atomic mass is 35.5. The Morgan fingerprint density at radius 1 is 1.30 bits per heavy atom. The van der Waals surface area contributed by atoms with Gasteiger partial charge in [0.05, 0.1) is 17.6 Å². The van der Waals surface area contributed by atoms with Crippen LogP contribution in [-0.2, 0) is 7.05 Å². The molecule has 3 rings (SSSR count). The van der Waals surface area contributed by atoms with Crippen LogP contribution in [0, 0.1) is 0 Å². The number of para-hydroxylation sites is 1. The van der Waals surface area contributed by atoms with E-state index in [-0.39, 0.29) is 16.4 Å². The van der Waals surface area contributed by atoms with Gasteiger partial charge in [0, 0.05) is 12.4 Å². The van der Waals surface area contributed by atoms with Crippen molar-refractivity contribution in [2.75, 3.05) is 7.11 Å². The smallest absolute Gasteiger partial charge is 0.294 e. The molecule has 23 heavy (non-hydrogen) atoms. The number of nitrogens with zero attached hydrogens (tertiary/aromatic N) is 3. The average molecular weight is 350 g/mol. The zero-order chi connectivity index (χ0) is 16.7. The van der Waals surface area contributed by atoms with E-state index in [1.165, 1.54) is 17.9 Å². The lowest BCUT2D eigenvalue weighted by Crippen LogP contribution is -2.26. The third-order valence-electron chi connectivity index (χ3n) is 3.58. The molecule has 7 heteroatoms. The molecule has 0 N–H and O–H groups in total. The summed E-state index contributed by atoms with van der Waals surface area (Å²) in [5, 5.41) is 5.50. The predicted octanol–water partition coefficient (Wildman–Crippen LogP) is 3.68. The van der Waals surface area contributed by atoms with Gasteiger partial charge in [-0.25, -0.2) is 4.68 Å². The van der Waals surface area contributed by atoms with Crippen molar-refractivity contribution in [3.05, 3.63) is 57.1 Å². The number of halogens is 2. The van der Waals surface area contributed by atoms with Gasteiger partial charge in [-0.15, -0.1) is 0 Å². The van der Waals surface area contributed by atoms with E-state index in [1.54, 1.807) is 11.6 Å². The summed E-state index contributed by atoms with van der Waals surface area (Å²) in [4.78, 5) is 12.7.